The number of sulfonamides is 1. The van der Waals surface area contributed by atoms with Gasteiger partial charge in [0.15, 0.2) is 0 Å². The van der Waals surface area contributed by atoms with Gasteiger partial charge in [-0.2, -0.15) is 4.31 Å². The number of aromatic nitrogens is 2. The van der Waals surface area contributed by atoms with E-state index in [1.165, 1.54) is 10.6 Å². The van der Waals surface area contributed by atoms with Gasteiger partial charge in [0, 0.05) is 55.7 Å². The molecule has 0 bridgehead atoms. The quantitative estimate of drug-likeness (QED) is 0.308. The summed E-state index contributed by atoms with van der Waals surface area (Å²) >= 11 is 0. The lowest BCUT2D eigenvalue weighted by Crippen LogP contribution is -2.48. The second-order valence-electron chi connectivity index (χ2n) is 9.22. The van der Waals surface area contributed by atoms with E-state index in [4.69, 9.17) is 16.5 Å². The molecule has 3 aromatic rings. The van der Waals surface area contributed by atoms with Crippen LogP contribution >= 0.6 is 0 Å². The number of hydrogen-bond acceptors (Lipinski definition) is 8. The average molecular weight is 536 g/mol. The Morgan fingerprint density at radius 3 is 2.53 bits per heavy atom. The number of nitrogens with two attached hydrogens (primary N) is 2. The highest BCUT2D eigenvalue weighted by atomic mass is 32.2. The Morgan fingerprint density at radius 2 is 1.84 bits per heavy atom. The van der Waals surface area contributed by atoms with Crippen molar-refractivity contribution in [2.24, 2.45) is 21.5 Å². The molecule has 0 aliphatic carbocycles. The summed E-state index contributed by atoms with van der Waals surface area (Å²) in [7, 11) is -3.20. The summed E-state index contributed by atoms with van der Waals surface area (Å²) in [4.78, 5) is 19.8. The molecule has 0 spiro atoms. The molecule has 1 saturated heterocycles. The first kappa shape index (κ1) is 27.2. The molecule has 1 atom stereocenters. The summed E-state index contributed by atoms with van der Waals surface area (Å²) in [5, 5.41) is 4.38. The summed E-state index contributed by atoms with van der Waals surface area (Å²) in [5.74, 6) is 1.25. The van der Waals surface area contributed by atoms with Crippen molar-refractivity contribution in [1.29, 1.82) is 0 Å². The Labute approximate surface area is 223 Å². The highest BCUT2D eigenvalue weighted by Gasteiger charge is 2.27. The first-order chi connectivity index (χ1) is 18.0. The standard InChI is InChI=1S/C26H33N9O2S/c1-17(34-10-12-35(13-11-34)38(4,36)37)21-14-23(25(28)32-19(3)31-18(2)27)26(30-16-21)33-22-8-7-20-6-5-9-29-24(20)15-22/h5-9,14-17H,2,10-13,27H2,1,3-4H3,(H,30,33)(H2,28,31,32)/t17-/m1/s1. The Balaban J connectivity index is 1.66. The number of anilines is 2. The molecule has 0 amide bonds. The highest BCUT2D eigenvalue weighted by molar-refractivity contribution is 7.88. The summed E-state index contributed by atoms with van der Waals surface area (Å²) in [6.07, 6.45) is 4.79. The van der Waals surface area contributed by atoms with Gasteiger partial charge in [-0.15, -0.1) is 0 Å². The van der Waals surface area contributed by atoms with Gasteiger partial charge >= 0.3 is 0 Å². The predicted molar refractivity (Wildman–Crippen MR) is 153 cm³/mol. The van der Waals surface area contributed by atoms with Gasteiger partial charge in [0.2, 0.25) is 10.0 Å². The average Bonchev–Trinajstić information content (AvgIpc) is 2.87. The number of nitrogens with zero attached hydrogens (tertiary/aromatic N) is 6. The molecule has 1 aliphatic heterocycles. The summed E-state index contributed by atoms with van der Waals surface area (Å²) in [6.45, 7) is 9.46. The fourth-order valence-electron chi connectivity index (χ4n) is 4.39. The monoisotopic (exact) mass is 535 g/mol. The van der Waals surface area contributed by atoms with Crippen LogP contribution in [-0.4, -0.2) is 71.7 Å². The Hall–Kier alpha value is -3.87. The van der Waals surface area contributed by atoms with Crippen LogP contribution in [0.5, 0.6) is 0 Å². The molecule has 1 aliphatic rings. The van der Waals surface area contributed by atoms with Crippen LogP contribution in [-0.2, 0) is 10.0 Å². The van der Waals surface area contributed by atoms with Crippen LogP contribution in [0.15, 0.2) is 71.2 Å². The third kappa shape index (κ3) is 6.52. The molecule has 2 aromatic heterocycles. The van der Waals surface area contributed by atoms with E-state index in [2.05, 4.69) is 38.7 Å². The minimum atomic E-state index is -3.20. The number of hydrogen-bond donors (Lipinski definition) is 3. The molecule has 12 heteroatoms. The molecule has 0 radical (unpaired) electrons. The second kappa shape index (κ2) is 11.3. The number of amidine groups is 2. The Bertz CT molecular complexity index is 1510. The number of piperazine rings is 1. The van der Waals surface area contributed by atoms with Crippen molar-refractivity contribution >= 4 is 44.1 Å². The second-order valence-corrected chi connectivity index (χ2v) is 11.2. The first-order valence-corrected chi connectivity index (χ1v) is 14.0. The number of nitrogens with one attached hydrogen (secondary N) is 1. The van der Waals surface area contributed by atoms with E-state index >= 15 is 0 Å². The lowest BCUT2D eigenvalue weighted by Gasteiger charge is -2.37. The van der Waals surface area contributed by atoms with E-state index in [-0.39, 0.29) is 17.7 Å². The summed E-state index contributed by atoms with van der Waals surface area (Å²) in [5.41, 5.74) is 15.2. The summed E-state index contributed by atoms with van der Waals surface area (Å²) < 4.78 is 25.3. The van der Waals surface area contributed by atoms with Crippen LogP contribution < -0.4 is 16.8 Å². The molecule has 38 heavy (non-hydrogen) atoms. The smallest absolute Gasteiger partial charge is 0.211 e. The fraction of sp³-hybridized carbons (Fsp3) is 0.308. The Morgan fingerprint density at radius 1 is 1.11 bits per heavy atom. The SMILES string of the molecule is C=C(N)/N=C(C)\N=C(/N)c1cc([C@@H](C)N2CCN(S(C)(=O)=O)CC2)cnc1Nc1ccc2cccnc2c1. The molecule has 0 saturated carbocycles. The Kier molecular flexibility index (Phi) is 8.05. The maximum Gasteiger partial charge on any atom is 0.211 e. The van der Waals surface area contributed by atoms with Gasteiger partial charge in [-0.05, 0) is 43.7 Å². The van der Waals surface area contributed by atoms with E-state index in [9.17, 15) is 8.42 Å². The van der Waals surface area contributed by atoms with Gasteiger partial charge in [-0.25, -0.2) is 23.4 Å². The van der Waals surface area contributed by atoms with Crippen molar-refractivity contribution < 1.29 is 8.42 Å². The minimum absolute atomic E-state index is 0.0201. The van der Waals surface area contributed by atoms with Crippen LogP contribution in [0, 0.1) is 0 Å². The number of aliphatic imine (C=N–C) groups is 2. The molecule has 4 rings (SSSR count). The van der Waals surface area contributed by atoms with E-state index in [1.54, 1.807) is 19.3 Å². The maximum atomic E-state index is 11.9. The number of pyridine rings is 2. The van der Waals surface area contributed by atoms with Crippen LogP contribution in [0.3, 0.4) is 0 Å². The topological polar surface area (TPSA) is 155 Å². The zero-order valence-corrected chi connectivity index (χ0v) is 22.6. The van der Waals surface area contributed by atoms with E-state index in [0.29, 0.717) is 43.4 Å². The number of fused-ring (bicyclic) bond motifs is 1. The molecule has 3 heterocycles. The van der Waals surface area contributed by atoms with Crippen LogP contribution in [0.2, 0.25) is 0 Å². The van der Waals surface area contributed by atoms with E-state index < -0.39 is 10.0 Å². The summed E-state index contributed by atoms with van der Waals surface area (Å²) in [6, 6.07) is 11.7. The van der Waals surface area contributed by atoms with Gasteiger partial charge in [0.1, 0.15) is 23.3 Å². The third-order valence-corrected chi connectivity index (χ3v) is 7.72. The van der Waals surface area contributed by atoms with Crippen LogP contribution in [0.1, 0.15) is 31.0 Å². The highest BCUT2D eigenvalue weighted by Crippen LogP contribution is 2.27. The molecule has 1 aromatic carbocycles. The molecule has 5 N–H and O–H groups in total. The van der Waals surface area contributed by atoms with Gasteiger partial charge in [-0.1, -0.05) is 18.7 Å². The van der Waals surface area contributed by atoms with E-state index in [0.717, 1.165) is 22.2 Å². The molecule has 200 valence electrons. The largest absolute Gasteiger partial charge is 0.384 e. The van der Waals surface area contributed by atoms with Crippen molar-refractivity contribution in [3.63, 3.8) is 0 Å². The minimum Gasteiger partial charge on any atom is -0.384 e. The lowest BCUT2D eigenvalue weighted by molar-refractivity contribution is 0.146. The molecular weight excluding hydrogens is 502 g/mol. The number of benzene rings is 1. The van der Waals surface area contributed by atoms with Crippen LogP contribution in [0.25, 0.3) is 10.9 Å². The van der Waals surface area contributed by atoms with Gasteiger partial charge in [0.25, 0.3) is 0 Å². The lowest BCUT2D eigenvalue weighted by atomic mass is 10.0. The maximum absolute atomic E-state index is 11.9. The van der Waals surface area contributed by atoms with Crippen LogP contribution in [0.4, 0.5) is 11.5 Å². The van der Waals surface area contributed by atoms with Crippen molar-refractivity contribution in [3.05, 3.63) is 72.3 Å². The number of rotatable bonds is 7. The predicted octanol–water partition coefficient (Wildman–Crippen LogP) is 2.57. The van der Waals surface area contributed by atoms with Crippen molar-refractivity contribution in [2.75, 3.05) is 37.8 Å². The van der Waals surface area contributed by atoms with E-state index in [1.807, 2.05) is 36.4 Å². The molecule has 11 nitrogen and oxygen atoms in total. The fourth-order valence-corrected chi connectivity index (χ4v) is 5.21. The first-order valence-electron chi connectivity index (χ1n) is 12.2. The molecule has 0 unspecified atom stereocenters. The normalized spacial score (nSPS) is 16.9. The zero-order valence-electron chi connectivity index (χ0n) is 21.8. The van der Waals surface area contributed by atoms with Crippen molar-refractivity contribution in [2.45, 2.75) is 19.9 Å². The van der Waals surface area contributed by atoms with Gasteiger partial charge < -0.3 is 16.8 Å². The van der Waals surface area contributed by atoms with Crippen molar-refractivity contribution in [3.8, 4) is 0 Å². The van der Waals surface area contributed by atoms with Gasteiger partial charge in [0.05, 0.1) is 17.3 Å². The van der Waals surface area contributed by atoms with Gasteiger partial charge in [-0.3, -0.25) is 9.88 Å². The molecular formula is C26H33N9O2S. The zero-order chi connectivity index (χ0) is 27.4. The third-order valence-electron chi connectivity index (χ3n) is 6.41. The molecule has 1 fully saturated rings. The van der Waals surface area contributed by atoms with Crippen molar-refractivity contribution in [1.82, 2.24) is 19.2 Å².